The summed E-state index contributed by atoms with van der Waals surface area (Å²) in [5.74, 6) is 0. The molecule has 20 aromatic rings. The van der Waals surface area contributed by atoms with Crippen LogP contribution in [0.2, 0.25) is 0 Å². The van der Waals surface area contributed by atoms with Crippen LogP contribution in [0, 0.1) is 0 Å². The van der Waals surface area contributed by atoms with E-state index in [1.54, 1.807) is 0 Å². The summed E-state index contributed by atoms with van der Waals surface area (Å²) in [4.78, 5) is 9.60. The van der Waals surface area contributed by atoms with Gasteiger partial charge in [-0.25, -0.2) is 0 Å². The van der Waals surface area contributed by atoms with Gasteiger partial charge in [0.1, 0.15) is 0 Å². The molecule has 0 aliphatic carbocycles. The number of hydrogen-bond acceptors (Lipinski definition) is 4. The monoisotopic (exact) mass is 1380 g/mol. The minimum atomic E-state index is 1.11. The van der Waals surface area contributed by atoms with Crippen LogP contribution in [-0.4, -0.2) is 0 Å². The van der Waals surface area contributed by atoms with Gasteiger partial charge < -0.3 is 19.6 Å². The van der Waals surface area contributed by atoms with Gasteiger partial charge in [0.05, 0.1) is 22.7 Å². The molecule has 0 aliphatic heterocycles. The second kappa shape index (κ2) is 28.4. The van der Waals surface area contributed by atoms with Gasteiger partial charge in [-0.2, -0.15) is 0 Å². The van der Waals surface area contributed by atoms with E-state index in [1.165, 1.54) is 109 Å². The Morgan fingerprint density at radius 2 is 0.361 bits per heavy atom. The van der Waals surface area contributed by atoms with Gasteiger partial charge in [0.15, 0.2) is 0 Å². The molecule has 0 radical (unpaired) electrons. The fraction of sp³-hybridized carbons (Fsp3) is 0. The smallest absolute Gasteiger partial charge is 0.0546 e. The van der Waals surface area contributed by atoms with E-state index >= 15 is 0 Å². The molecule has 4 nitrogen and oxygen atoms in total. The van der Waals surface area contributed by atoms with Crippen LogP contribution in [0.5, 0.6) is 0 Å². The van der Waals surface area contributed by atoms with Gasteiger partial charge in [0.2, 0.25) is 0 Å². The topological polar surface area (TPSA) is 13.0 Å². The molecule has 0 fully saturated rings. The molecule has 20 rings (SSSR count). The largest absolute Gasteiger partial charge is 0.310 e. The highest BCUT2D eigenvalue weighted by Crippen LogP contribution is 2.53. The number of rotatable bonds is 16. The van der Waals surface area contributed by atoms with Crippen molar-refractivity contribution in [1.82, 2.24) is 0 Å². The number of anilines is 12. The SMILES string of the molecule is c1ccc(-c2ccc(-c3cc(N(c4ccccc4)c4ccccc4)c4ccc5ccc(N(c6ccccc6)c6ccccc6)c6ccc3c4c56)cc2)cc1.c1ccc(-c2cccc(-c3cc(N(c4ccccc4)c4ccccc4)c4ccc5ccc(N(c6ccccc6)c6ccccc6)c6ccc3c4c56)c2)cc1. The summed E-state index contributed by atoms with van der Waals surface area (Å²) >= 11 is 0. The zero-order chi connectivity index (χ0) is 71.7. The average molecular weight is 1380 g/mol. The molecule has 0 heterocycles. The van der Waals surface area contributed by atoms with Gasteiger partial charge in [-0.3, -0.25) is 0 Å². The highest BCUT2D eigenvalue weighted by Gasteiger charge is 2.27. The fourth-order valence-corrected chi connectivity index (χ4v) is 16.3. The molecule has 0 amide bonds. The second-order valence-corrected chi connectivity index (χ2v) is 27.5. The number of benzene rings is 20. The van der Waals surface area contributed by atoms with Crippen molar-refractivity contribution >= 4 is 133 Å². The summed E-state index contributed by atoms with van der Waals surface area (Å²) in [5, 5.41) is 14.8. The lowest BCUT2D eigenvalue weighted by Gasteiger charge is -2.30. The molecule has 0 spiro atoms. The first kappa shape index (κ1) is 64.5. The Bertz CT molecular complexity index is 6330. The predicted molar refractivity (Wildman–Crippen MR) is 461 cm³/mol. The van der Waals surface area contributed by atoms with Crippen molar-refractivity contribution in [3.8, 4) is 44.5 Å². The normalized spacial score (nSPS) is 11.3. The highest BCUT2D eigenvalue weighted by molar-refractivity contribution is 6.32. The third-order valence-electron chi connectivity index (χ3n) is 21.1. The molecule has 0 bridgehead atoms. The predicted octanol–water partition coefficient (Wildman–Crippen LogP) is 29.7. The number of para-hydroxylation sites is 8. The van der Waals surface area contributed by atoms with Crippen LogP contribution >= 0.6 is 0 Å². The van der Waals surface area contributed by atoms with Crippen molar-refractivity contribution in [3.05, 3.63) is 437 Å². The summed E-state index contributed by atoms with van der Waals surface area (Å²) in [7, 11) is 0. The van der Waals surface area contributed by atoms with Gasteiger partial charge in [0.25, 0.3) is 0 Å². The number of nitrogens with zero attached hydrogens (tertiary/aromatic N) is 4. The van der Waals surface area contributed by atoms with Crippen LogP contribution in [0.1, 0.15) is 0 Å². The molecule has 0 atom stereocenters. The van der Waals surface area contributed by atoms with Crippen molar-refractivity contribution in [2.24, 2.45) is 0 Å². The minimum absolute atomic E-state index is 1.11. The summed E-state index contributed by atoms with van der Waals surface area (Å²) in [6, 6.07) is 158. The van der Waals surface area contributed by atoms with Crippen LogP contribution in [0.4, 0.5) is 68.2 Å². The Labute approximate surface area is 629 Å². The van der Waals surface area contributed by atoms with Gasteiger partial charge in [-0.15, -0.1) is 0 Å². The highest BCUT2D eigenvalue weighted by atomic mass is 15.2. The number of hydrogen-bond donors (Lipinski definition) is 0. The Hall–Kier alpha value is -14.3. The van der Waals surface area contributed by atoms with Crippen molar-refractivity contribution in [2.75, 3.05) is 19.6 Å². The second-order valence-electron chi connectivity index (χ2n) is 27.5. The maximum Gasteiger partial charge on any atom is 0.0546 e. The molecular formula is C104H72N4. The van der Waals surface area contributed by atoms with E-state index in [-0.39, 0.29) is 0 Å². The third-order valence-corrected chi connectivity index (χ3v) is 21.1. The van der Waals surface area contributed by atoms with E-state index in [9.17, 15) is 0 Å². The lowest BCUT2D eigenvalue weighted by atomic mass is 9.87. The van der Waals surface area contributed by atoms with Gasteiger partial charge in [-0.1, -0.05) is 309 Å². The summed E-state index contributed by atoms with van der Waals surface area (Å²) < 4.78 is 0. The van der Waals surface area contributed by atoms with Crippen molar-refractivity contribution in [3.63, 3.8) is 0 Å². The first-order valence-electron chi connectivity index (χ1n) is 37.1. The summed E-state index contributed by atoms with van der Waals surface area (Å²) in [6.07, 6.45) is 0. The summed E-state index contributed by atoms with van der Waals surface area (Å²) in [6.45, 7) is 0. The van der Waals surface area contributed by atoms with Crippen LogP contribution in [-0.2, 0) is 0 Å². The van der Waals surface area contributed by atoms with Crippen molar-refractivity contribution in [2.45, 2.75) is 0 Å². The van der Waals surface area contributed by atoms with E-state index in [4.69, 9.17) is 0 Å². The quantitative estimate of drug-likeness (QED) is 0.0894. The zero-order valence-electron chi connectivity index (χ0n) is 59.4. The minimum Gasteiger partial charge on any atom is -0.310 e. The Kier molecular flexibility index (Phi) is 17.0. The van der Waals surface area contributed by atoms with Crippen LogP contribution in [0.25, 0.3) is 109 Å². The Morgan fingerprint density at radius 3 is 0.704 bits per heavy atom. The Morgan fingerprint density at radius 1 is 0.130 bits per heavy atom. The first-order valence-corrected chi connectivity index (χ1v) is 37.1. The fourth-order valence-electron chi connectivity index (χ4n) is 16.3. The van der Waals surface area contributed by atoms with E-state index in [0.717, 1.165) is 68.2 Å². The lowest BCUT2D eigenvalue weighted by molar-refractivity contribution is 1.30. The van der Waals surface area contributed by atoms with Crippen molar-refractivity contribution in [1.29, 1.82) is 0 Å². The standard InChI is InChI=1S/2C52H36N2/c1-6-17-37(18-7-1)39-19-16-20-40(35-39)48-36-50(54(43-25-12-4-13-26-43)44-27-14-5-15-28-44)47-31-29-38-30-34-49(46-33-32-45(48)52(47)51(38)46)53(41-21-8-2-9-22-41)42-23-10-3-11-24-42;1-6-16-37(17-7-1)38-26-28-39(29-27-38)48-36-50(54(43-22-12-4-13-23-43)44-24-14-5-15-25-44)47-32-30-40-31-35-49(46-34-33-45(48)52(47)51(40)46)53(41-18-8-2-9-19-41)42-20-10-3-11-21-42/h2*1-36H. The van der Waals surface area contributed by atoms with E-state index < -0.39 is 0 Å². The van der Waals surface area contributed by atoms with Crippen LogP contribution < -0.4 is 19.6 Å². The van der Waals surface area contributed by atoms with Gasteiger partial charge in [-0.05, 0) is 204 Å². The van der Waals surface area contributed by atoms with E-state index in [1.807, 2.05) is 0 Å². The molecule has 0 aromatic heterocycles. The third kappa shape index (κ3) is 11.9. The molecule has 0 aliphatic rings. The molecule has 508 valence electrons. The molecule has 4 heteroatoms. The Balaban J connectivity index is 0.000000147. The first-order chi connectivity index (χ1) is 53.6. The lowest BCUT2D eigenvalue weighted by Crippen LogP contribution is -2.11. The maximum absolute atomic E-state index is 2.41. The van der Waals surface area contributed by atoms with Crippen LogP contribution in [0.15, 0.2) is 437 Å². The van der Waals surface area contributed by atoms with Gasteiger partial charge in [0, 0.05) is 77.8 Å². The molecule has 108 heavy (non-hydrogen) atoms. The molecule has 0 saturated carbocycles. The maximum atomic E-state index is 2.41. The van der Waals surface area contributed by atoms with Crippen LogP contribution in [0.3, 0.4) is 0 Å². The van der Waals surface area contributed by atoms with E-state index in [2.05, 4.69) is 456 Å². The molecular weight excluding hydrogens is 1310 g/mol. The molecule has 20 aromatic carbocycles. The van der Waals surface area contributed by atoms with Crippen molar-refractivity contribution < 1.29 is 0 Å². The summed E-state index contributed by atoms with van der Waals surface area (Å²) in [5.41, 5.74) is 23.1. The van der Waals surface area contributed by atoms with Gasteiger partial charge >= 0.3 is 0 Å². The van der Waals surface area contributed by atoms with E-state index in [0.29, 0.717) is 0 Å². The molecule has 0 saturated heterocycles. The molecule has 0 N–H and O–H groups in total. The average Bonchev–Trinajstić information content (AvgIpc) is 0.716. The zero-order valence-corrected chi connectivity index (χ0v) is 59.4. The molecule has 0 unspecified atom stereocenters.